The van der Waals surface area contributed by atoms with E-state index >= 15 is 0 Å². The third-order valence-corrected chi connectivity index (χ3v) is 3.61. The summed E-state index contributed by atoms with van der Waals surface area (Å²) in [5.74, 6) is 0.995. The average Bonchev–Trinajstić information content (AvgIpc) is 2.93. The van der Waals surface area contributed by atoms with Crippen molar-refractivity contribution in [2.75, 3.05) is 17.2 Å². The summed E-state index contributed by atoms with van der Waals surface area (Å²) in [6, 6.07) is 6.45. The second-order valence-corrected chi connectivity index (χ2v) is 4.73. The van der Waals surface area contributed by atoms with Gasteiger partial charge in [0.25, 0.3) is 0 Å². The highest BCUT2D eigenvalue weighted by Crippen LogP contribution is 2.27. The summed E-state index contributed by atoms with van der Waals surface area (Å²) >= 11 is 0. The number of fused-ring (bicyclic) bond motifs is 1. The zero-order chi connectivity index (χ0) is 11.8. The number of anilines is 2. The Bertz CT molecular complexity index is 531. The zero-order valence-electron chi connectivity index (χ0n) is 10.1. The van der Waals surface area contributed by atoms with Crippen molar-refractivity contribution in [1.29, 1.82) is 0 Å². The summed E-state index contributed by atoms with van der Waals surface area (Å²) in [6.45, 7) is 3.34. The number of rotatable bonds is 2. The van der Waals surface area contributed by atoms with Gasteiger partial charge >= 0.3 is 0 Å². The van der Waals surface area contributed by atoms with Crippen LogP contribution in [-0.2, 0) is 0 Å². The fourth-order valence-corrected chi connectivity index (χ4v) is 2.69. The monoisotopic (exact) mass is 230 g/mol. The lowest BCUT2D eigenvalue weighted by Gasteiger charge is -2.22. The zero-order valence-corrected chi connectivity index (χ0v) is 10.1. The molecular weight excluding hydrogens is 212 g/mol. The molecule has 1 unspecified atom stereocenters. The predicted molar refractivity (Wildman–Crippen MR) is 71.2 cm³/mol. The highest BCUT2D eigenvalue weighted by molar-refractivity contribution is 5.81. The molecule has 1 fully saturated rings. The molecular formula is C13H18N4. The molecule has 1 saturated heterocycles. The summed E-state index contributed by atoms with van der Waals surface area (Å²) in [5.41, 5.74) is 8.58. The van der Waals surface area contributed by atoms with Crippen LogP contribution in [0.15, 0.2) is 18.2 Å². The lowest BCUT2D eigenvalue weighted by Crippen LogP contribution is -2.29. The van der Waals surface area contributed by atoms with Crippen LogP contribution in [0.4, 0.5) is 11.6 Å². The number of nitrogens with zero attached hydrogens (tertiary/aromatic N) is 2. The number of nitrogens with two attached hydrogens (primary N) is 1. The molecule has 1 aliphatic rings. The van der Waals surface area contributed by atoms with Crippen molar-refractivity contribution in [3.05, 3.63) is 18.2 Å². The number of aromatic nitrogens is 2. The summed E-state index contributed by atoms with van der Waals surface area (Å²) in [7, 11) is 0. The molecule has 2 aromatic rings. The Morgan fingerprint density at radius 2 is 2.41 bits per heavy atom. The van der Waals surface area contributed by atoms with Crippen LogP contribution in [0, 0.1) is 0 Å². The molecule has 2 heterocycles. The van der Waals surface area contributed by atoms with E-state index in [0.29, 0.717) is 6.04 Å². The first-order valence-electron chi connectivity index (χ1n) is 6.30. The van der Waals surface area contributed by atoms with Gasteiger partial charge in [0.15, 0.2) is 0 Å². The second kappa shape index (κ2) is 3.95. The summed E-state index contributed by atoms with van der Waals surface area (Å²) in [5, 5.41) is 0. The van der Waals surface area contributed by atoms with Crippen LogP contribution in [0.5, 0.6) is 0 Å². The van der Waals surface area contributed by atoms with Crippen molar-refractivity contribution in [3.8, 4) is 0 Å². The van der Waals surface area contributed by atoms with Crippen molar-refractivity contribution < 1.29 is 0 Å². The number of benzene rings is 1. The molecule has 3 N–H and O–H groups in total. The van der Waals surface area contributed by atoms with Crippen LogP contribution >= 0.6 is 0 Å². The first-order valence-corrected chi connectivity index (χ1v) is 6.30. The Labute approximate surface area is 101 Å². The molecule has 4 nitrogen and oxygen atoms in total. The molecule has 1 aliphatic heterocycles. The van der Waals surface area contributed by atoms with Crippen molar-refractivity contribution in [2.45, 2.75) is 32.2 Å². The van der Waals surface area contributed by atoms with Gasteiger partial charge in [-0.1, -0.05) is 6.92 Å². The van der Waals surface area contributed by atoms with Gasteiger partial charge in [-0.2, -0.15) is 0 Å². The Balaban J connectivity index is 2.00. The molecule has 0 bridgehead atoms. The number of imidazole rings is 1. The third-order valence-electron chi connectivity index (χ3n) is 3.61. The van der Waals surface area contributed by atoms with E-state index in [1.807, 2.05) is 18.2 Å². The number of nitrogen functional groups attached to an aromatic ring is 1. The number of hydrogen-bond donors (Lipinski definition) is 2. The van der Waals surface area contributed by atoms with Gasteiger partial charge in [-0.3, -0.25) is 0 Å². The third kappa shape index (κ3) is 1.73. The SMILES string of the molecule is CCC1CCCN1c1nc2ccc(N)cc2[nH]1. The molecule has 17 heavy (non-hydrogen) atoms. The molecule has 0 saturated carbocycles. The first-order chi connectivity index (χ1) is 8.28. The van der Waals surface area contributed by atoms with E-state index in [1.165, 1.54) is 19.3 Å². The highest BCUT2D eigenvalue weighted by atomic mass is 15.3. The average molecular weight is 230 g/mol. The smallest absolute Gasteiger partial charge is 0.204 e. The second-order valence-electron chi connectivity index (χ2n) is 4.73. The lowest BCUT2D eigenvalue weighted by atomic mass is 10.2. The number of hydrogen-bond acceptors (Lipinski definition) is 3. The van der Waals surface area contributed by atoms with Gasteiger partial charge < -0.3 is 15.6 Å². The van der Waals surface area contributed by atoms with Crippen LogP contribution in [-0.4, -0.2) is 22.6 Å². The Morgan fingerprint density at radius 1 is 1.53 bits per heavy atom. The van der Waals surface area contributed by atoms with E-state index in [2.05, 4.69) is 21.8 Å². The van der Waals surface area contributed by atoms with Gasteiger partial charge in [-0.05, 0) is 37.5 Å². The van der Waals surface area contributed by atoms with Gasteiger partial charge in [0, 0.05) is 18.3 Å². The summed E-state index contributed by atoms with van der Waals surface area (Å²) in [6.07, 6.45) is 3.71. The van der Waals surface area contributed by atoms with E-state index in [0.717, 1.165) is 29.2 Å². The van der Waals surface area contributed by atoms with Gasteiger partial charge in [-0.25, -0.2) is 4.98 Å². The highest BCUT2D eigenvalue weighted by Gasteiger charge is 2.25. The quantitative estimate of drug-likeness (QED) is 0.779. The Morgan fingerprint density at radius 3 is 3.24 bits per heavy atom. The van der Waals surface area contributed by atoms with E-state index in [4.69, 9.17) is 5.73 Å². The minimum atomic E-state index is 0.632. The minimum Gasteiger partial charge on any atom is -0.399 e. The van der Waals surface area contributed by atoms with E-state index < -0.39 is 0 Å². The molecule has 1 aromatic carbocycles. The molecule has 3 rings (SSSR count). The van der Waals surface area contributed by atoms with E-state index in [1.54, 1.807) is 0 Å². The van der Waals surface area contributed by atoms with Gasteiger partial charge in [0.05, 0.1) is 11.0 Å². The molecule has 4 heteroatoms. The van der Waals surface area contributed by atoms with Crippen molar-refractivity contribution in [1.82, 2.24) is 9.97 Å². The van der Waals surface area contributed by atoms with Crippen LogP contribution in [0.1, 0.15) is 26.2 Å². The number of aromatic amines is 1. The maximum Gasteiger partial charge on any atom is 0.204 e. The number of nitrogens with one attached hydrogen (secondary N) is 1. The van der Waals surface area contributed by atoms with Crippen molar-refractivity contribution in [3.63, 3.8) is 0 Å². The molecule has 0 spiro atoms. The first kappa shape index (κ1) is 10.4. The topological polar surface area (TPSA) is 57.9 Å². The van der Waals surface area contributed by atoms with Crippen LogP contribution in [0.3, 0.4) is 0 Å². The molecule has 0 amide bonds. The summed E-state index contributed by atoms with van der Waals surface area (Å²) in [4.78, 5) is 10.4. The van der Waals surface area contributed by atoms with Gasteiger partial charge in [-0.15, -0.1) is 0 Å². The standard InChI is InChI=1S/C13H18N4/c1-2-10-4-3-7-17(10)13-15-11-6-5-9(14)8-12(11)16-13/h5-6,8,10H,2-4,7,14H2,1H3,(H,15,16). The fourth-order valence-electron chi connectivity index (χ4n) is 2.69. The lowest BCUT2D eigenvalue weighted by molar-refractivity contribution is 0.637. The Kier molecular flexibility index (Phi) is 2.42. The minimum absolute atomic E-state index is 0.632. The summed E-state index contributed by atoms with van der Waals surface area (Å²) < 4.78 is 0. The predicted octanol–water partition coefficient (Wildman–Crippen LogP) is 2.52. The molecule has 1 atom stereocenters. The van der Waals surface area contributed by atoms with Gasteiger partial charge in [0.2, 0.25) is 5.95 Å². The van der Waals surface area contributed by atoms with Crippen LogP contribution in [0.25, 0.3) is 11.0 Å². The number of H-pyrrole nitrogens is 1. The van der Waals surface area contributed by atoms with E-state index in [9.17, 15) is 0 Å². The maximum absolute atomic E-state index is 5.78. The van der Waals surface area contributed by atoms with Crippen LogP contribution < -0.4 is 10.6 Å². The molecule has 0 radical (unpaired) electrons. The van der Waals surface area contributed by atoms with Crippen molar-refractivity contribution in [2.24, 2.45) is 0 Å². The van der Waals surface area contributed by atoms with Crippen molar-refractivity contribution >= 4 is 22.7 Å². The molecule has 90 valence electrons. The normalized spacial score (nSPS) is 20.3. The fraction of sp³-hybridized carbons (Fsp3) is 0.462. The maximum atomic E-state index is 5.78. The van der Waals surface area contributed by atoms with Gasteiger partial charge in [0.1, 0.15) is 0 Å². The molecule has 0 aliphatic carbocycles. The molecule has 1 aromatic heterocycles. The Hall–Kier alpha value is -1.71. The van der Waals surface area contributed by atoms with E-state index in [-0.39, 0.29) is 0 Å². The van der Waals surface area contributed by atoms with Crippen LogP contribution in [0.2, 0.25) is 0 Å². The largest absolute Gasteiger partial charge is 0.399 e.